The zero-order valence-electron chi connectivity index (χ0n) is 13.4. The summed E-state index contributed by atoms with van der Waals surface area (Å²) in [4.78, 5) is 14.9. The first-order chi connectivity index (χ1) is 10.7. The Morgan fingerprint density at radius 2 is 2.32 bits per heavy atom. The van der Waals surface area contributed by atoms with Gasteiger partial charge >= 0.3 is 0 Å². The van der Waals surface area contributed by atoms with Crippen molar-refractivity contribution in [1.82, 2.24) is 19.8 Å². The summed E-state index contributed by atoms with van der Waals surface area (Å²) in [5, 5.41) is 1.17. The van der Waals surface area contributed by atoms with Crippen molar-refractivity contribution in [3.05, 3.63) is 46.2 Å². The third-order valence-electron chi connectivity index (χ3n) is 4.16. The van der Waals surface area contributed by atoms with Crippen molar-refractivity contribution in [2.75, 3.05) is 26.7 Å². The van der Waals surface area contributed by atoms with Gasteiger partial charge in [-0.3, -0.25) is 9.88 Å². The molecule has 1 aliphatic heterocycles. The van der Waals surface area contributed by atoms with Crippen LogP contribution in [0.3, 0.4) is 0 Å². The average molecular weight is 316 g/mol. The molecule has 1 atom stereocenters. The van der Waals surface area contributed by atoms with E-state index in [4.69, 9.17) is 0 Å². The van der Waals surface area contributed by atoms with E-state index in [9.17, 15) is 0 Å². The number of hydrogen-bond acceptors (Lipinski definition) is 5. The molecule has 2 aromatic rings. The summed E-state index contributed by atoms with van der Waals surface area (Å²) >= 11 is 1.82. The summed E-state index contributed by atoms with van der Waals surface area (Å²) < 4.78 is 0. The van der Waals surface area contributed by atoms with Gasteiger partial charge in [0.05, 0.1) is 5.01 Å². The number of pyridine rings is 1. The quantitative estimate of drug-likeness (QED) is 0.820. The molecule has 22 heavy (non-hydrogen) atoms. The Morgan fingerprint density at radius 3 is 3.05 bits per heavy atom. The number of nitrogens with zero attached hydrogens (tertiary/aromatic N) is 4. The predicted molar refractivity (Wildman–Crippen MR) is 90.8 cm³/mol. The number of aryl methyl sites for hydroxylation is 1. The van der Waals surface area contributed by atoms with Crippen LogP contribution in [0.4, 0.5) is 0 Å². The molecular formula is C17H24N4S. The van der Waals surface area contributed by atoms with Crippen molar-refractivity contribution in [3.8, 4) is 0 Å². The van der Waals surface area contributed by atoms with E-state index in [0.717, 1.165) is 25.6 Å². The molecule has 0 spiro atoms. The molecule has 0 N–H and O–H groups in total. The summed E-state index contributed by atoms with van der Waals surface area (Å²) in [5.74, 6) is 0.774. The van der Waals surface area contributed by atoms with Crippen molar-refractivity contribution < 1.29 is 0 Å². The maximum Gasteiger partial charge on any atom is 0.0897 e. The van der Waals surface area contributed by atoms with Gasteiger partial charge in [0.25, 0.3) is 0 Å². The molecule has 118 valence electrons. The molecule has 0 radical (unpaired) electrons. The molecule has 5 heteroatoms. The Kier molecular flexibility index (Phi) is 5.18. The minimum Gasteiger partial charge on any atom is -0.302 e. The monoisotopic (exact) mass is 316 g/mol. The maximum absolute atomic E-state index is 4.35. The molecular weight excluding hydrogens is 292 g/mol. The number of thiazole rings is 1. The molecule has 3 heterocycles. The molecule has 0 unspecified atom stereocenters. The first-order valence-corrected chi connectivity index (χ1v) is 8.72. The van der Waals surface area contributed by atoms with Gasteiger partial charge in [-0.1, -0.05) is 6.07 Å². The number of likely N-dealkylation sites (tertiary alicyclic amines) is 1. The summed E-state index contributed by atoms with van der Waals surface area (Å²) in [6.07, 6.45) is 7.13. The van der Waals surface area contributed by atoms with Gasteiger partial charge < -0.3 is 4.90 Å². The van der Waals surface area contributed by atoms with Gasteiger partial charge in [-0.05, 0) is 44.5 Å². The number of aromatic nitrogens is 2. The lowest BCUT2D eigenvalue weighted by molar-refractivity contribution is 0.255. The minimum absolute atomic E-state index is 0.774. The van der Waals surface area contributed by atoms with Crippen LogP contribution >= 0.6 is 11.3 Å². The summed E-state index contributed by atoms with van der Waals surface area (Å²) in [7, 11) is 2.21. The van der Waals surface area contributed by atoms with Gasteiger partial charge in [-0.15, -0.1) is 11.3 Å². The van der Waals surface area contributed by atoms with Crippen molar-refractivity contribution in [2.45, 2.75) is 26.4 Å². The van der Waals surface area contributed by atoms with Gasteiger partial charge in [0.15, 0.2) is 0 Å². The van der Waals surface area contributed by atoms with E-state index in [-0.39, 0.29) is 0 Å². The Labute approximate surface area is 136 Å². The highest BCUT2D eigenvalue weighted by Gasteiger charge is 2.23. The molecule has 4 nitrogen and oxygen atoms in total. The van der Waals surface area contributed by atoms with Crippen molar-refractivity contribution in [1.29, 1.82) is 0 Å². The van der Waals surface area contributed by atoms with Crippen molar-refractivity contribution >= 4 is 11.3 Å². The predicted octanol–water partition coefficient (Wildman–Crippen LogP) is 2.80. The van der Waals surface area contributed by atoms with E-state index < -0.39 is 0 Å². The third kappa shape index (κ3) is 4.35. The Balaban J connectivity index is 1.44. The van der Waals surface area contributed by atoms with E-state index in [2.05, 4.69) is 39.8 Å². The molecule has 1 aliphatic rings. The fraction of sp³-hybridized carbons (Fsp3) is 0.529. The van der Waals surface area contributed by atoms with E-state index in [0.29, 0.717) is 0 Å². The normalized spacial score (nSPS) is 19.1. The highest BCUT2D eigenvalue weighted by molar-refractivity contribution is 7.11. The van der Waals surface area contributed by atoms with Gasteiger partial charge in [0.1, 0.15) is 0 Å². The van der Waals surface area contributed by atoms with Crippen LogP contribution in [-0.4, -0.2) is 46.4 Å². The van der Waals surface area contributed by atoms with Gasteiger partial charge in [-0.2, -0.15) is 0 Å². The van der Waals surface area contributed by atoms with E-state index in [1.54, 1.807) is 0 Å². The summed E-state index contributed by atoms with van der Waals surface area (Å²) in [5.41, 5.74) is 1.29. The largest absolute Gasteiger partial charge is 0.302 e. The Morgan fingerprint density at radius 1 is 1.41 bits per heavy atom. The second kappa shape index (κ2) is 7.31. The van der Waals surface area contributed by atoms with Gasteiger partial charge in [0, 0.05) is 49.6 Å². The van der Waals surface area contributed by atoms with Crippen LogP contribution in [0.25, 0.3) is 0 Å². The van der Waals surface area contributed by atoms with Crippen LogP contribution in [0, 0.1) is 12.8 Å². The lowest BCUT2D eigenvalue weighted by Crippen LogP contribution is -2.27. The second-order valence-electron chi connectivity index (χ2n) is 6.29. The third-order valence-corrected chi connectivity index (χ3v) is 5.06. The molecule has 3 rings (SSSR count). The van der Waals surface area contributed by atoms with Crippen molar-refractivity contribution in [2.24, 2.45) is 5.92 Å². The molecule has 0 aliphatic carbocycles. The first kappa shape index (κ1) is 15.6. The fourth-order valence-corrected chi connectivity index (χ4v) is 4.05. The highest BCUT2D eigenvalue weighted by atomic mass is 32.1. The number of hydrogen-bond donors (Lipinski definition) is 0. The number of rotatable bonds is 6. The van der Waals surface area contributed by atoms with Gasteiger partial charge in [-0.25, -0.2) is 4.98 Å². The van der Waals surface area contributed by atoms with Gasteiger partial charge in [0.2, 0.25) is 0 Å². The van der Waals surface area contributed by atoms with Crippen LogP contribution in [0.2, 0.25) is 0 Å². The zero-order valence-corrected chi connectivity index (χ0v) is 14.2. The van der Waals surface area contributed by atoms with Crippen LogP contribution < -0.4 is 0 Å². The Bertz CT molecular complexity index is 583. The van der Waals surface area contributed by atoms with Crippen LogP contribution in [0.1, 0.15) is 21.9 Å². The lowest BCUT2D eigenvalue weighted by Gasteiger charge is -2.21. The smallest absolute Gasteiger partial charge is 0.0897 e. The lowest BCUT2D eigenvalue weighted by atomic mass is 10.1. The van der Waals surface area contributed by atoms with Crippen LogP contribution in [-0.2, 0) is 13.1 Å². The van der Waals surface area contributed by atoms with Crippen LogP contribution in [0.15, 0.2) is 30.7 Å². The highest BCUT2D eigenvalue weighted by Crippen LogP contribution is 2.22. The van der Waals surface area contributed by atoms with E-state index in [1.807, 2.05) is 36.0 Å². The molecule has 1 saturated heterocycles. The van der Waals surface area contributed by atoms with Crippen LogP contribution in [0.5, 0.6) is 0 Å². The molecule has 2 aromatic heterocycles. The SMILES string of the molecule is Cc1ncc(CN2CC[C@H](CN(C)Cc3cccnc3)C2)s1. The van der Waals surface area contributed by atoms with E-state index in [1.165, 1.54) is 35.0 Å². The fourth-order valence-electron chi connectivity index (χ4n) is 3.21. The molecule has 1 fully saturated rings. The van der Waals surface area contributed by atoms with E-state index >= 15 is 0 Å². The minimum atomic E-state index is 0.774. The standard InChI is InChI=1S/C17H24N4S/c1-14-19-9-17(22-14)13-21-7-5-16(12-21)11-20(2)10-15-4-3-6-18-8-15/h3-4,6,8-9,16H,5,7,10-13H2,1-2H3/t16-/m1/s1. The molecule has 0 amide bonds. The Hall–Kier alpha value is -1.30. The topological polar surface area (TPSA) is 32.3 Å². The summed E-state index contributed by atoms with van der Waals surface area (Å²) in [6, 6.07) is 4.16. The average Bonchev–Trinajstić information content (AvgIpc) is 3.09. The van der Waals surface area contributed by atoms with Crippen molar-refractivity contribution in [3.63, 3.8) is 0 Å². The summed E-state index contributed by atoms with van der Waals surface area (Å²) in [6.45, 7) is 7.70. The molecule has 0 saturated carbocycles. The molecule has 0 aromatic carbocycles. The second-order valence-corrected chi connectivity index (χ2v) is 7.61. The first-order valence-electron chi connectivity index (χ1n) is 7.90. The maximum atomic E-state index is 4.35. The zero-order chi connectivity index (χ0) is 15.4. The molecule has 0 bridgehead atoms.